The van der Waals surface area contributed by atoms with Gasteiger partial charge in [-0.3, -0.25) is 9.59 Å². The van der Waals surface area contributed by atoms with Crippen molar-refractivity contribution in [2.75, 3.05) is 18.5 Å². The Morgan fingerprint density at radius 3 is 2.34 bits per heavy atom. The Bertz CT molecular complexity index is 3500. The number of rotatable bonds is 12. The number of carboxylic acid groups (broad SMARTS) is 1. The van der Waals surface area contributed by atoms with Crippen LogP contribution in [0.15, 0.2) is 83.7 Å². The number of alkyl carbamates (subject to hydrolysis) is 2. The fourth-order valence-corrected chi connectivity index (χ4v) is 11.2. The van der Waals surface area contributed by atoms with Gasteiger partial charge in [0.25, 0.3) is 5.56 Å². The number of aliphatic carboxylic acids is 1. The van der Waals surface area contributed by atoms with Gasteiger partial charge in [-0.2, -0.15) is 0 Å². The summed E-state index contributed by atoms with van der Waals surface area (Å²) < 4.78 is 44.6. The highest BCUT2D eigenvalue weighted by molar-refractivity contribution is 5.96. The number of ether oxygens (including phenoxy) is 5. The fourth-order valence-electron chi connectivity index (χ4n) is 11.2. The molecule has 5 heterocycles. The number of nitrogens with one attached hydrogen (secondary N) is 3. The molecule has 0 spiro atoms. The molecule has 0 unspecified atom stereocenters. The molecular weight excluding hydrogens is 1010 g/mol. The third-order valence-corrected chi connectivity index (χ3v) is 15.2. The number of hydrogen-bond donors (Lipinski definition) is 8. The number of carbonyl (C=O) groups is 5. The minimum Gasteiger partial charge on any atom is -0.479 e. The van der Waals surface area contributed by atoms with Crippen LogP contribution in [0.25, 0.3) is 33.4 Å². The smallest absolute Gasteiger partial charge is 0.407 e. The number of aliphatic hydroxyl groups is 4. The number of aryl methyl sites for hydroxylation is 1. The summed E-state index contributed by atoms with van der Waals surface area (Å²) in [6, 6.07) is 21.7. The van der Waals surface area contributed by atoms with Gasteiger partial charge in [0.2, 0.25) is 12.2 Å². The van der Waals surface area contributed by atoms with Crippen molar-refractivity contribution in [1.29, 1.82) is 0 Å². The molecule has 1 fully saturated rings. The van der Waals surface area contributed by atoms with E-state index in [4.69, 9.17) is 28.7 Å². The summed E-state index contributed by atoms with van der Waals surface area (Å²) in [6.07, 6.45) is -11.1. The van der Waals surface area contributed by atoms with E-state index in [0.29, 0.717) is 45.4 Å². The number of amides is 3. The SMILES string of the molecule is CC[C@@]1(O)C(=O)OCc2c1cc1n(c2=O)Cc2c-1nc1cc(F)c(C)c3c1c2[C@@H](NC(=O)OCc1ccc(O[C@@H]2O[C@H](C(=O)O)[C@@H](O)[C@H](O)[C@H]2O)c(NC(=O)CNC(=O)OCC2c4ccccc4-c4ccccc42)c1)CC3. The van der Waals surface area contributed by atoms with Crippen molar-refractivity contribution >= 4 is 46.6 Å². The first kappa shape index (κ1) is 50.9. The molecule has 3 amide bonds. The number of benzene rings is 4. The second kappa shape index (κ2) is 19.7. The number of carboxylic acids is 1. The number of hydrogen-bond acceptors (Lipinski definition) is 16. The predicted octanol–water partition coefficient (Wildman–Crippen LogP) is 4.19. The van der Waals surface area contributed by atoms with E-state index >= 15 is 4.39 Å². The number of aliphatic hydroxyl groups excluding tert-OH is 3. The lowest BCUT2D eigenvalue weighted by atomic mass is 9.81. The van der Waals surface area contributed by atoms with Crippen LogP contribution < -0.4 is 26.2 Å². The monoisotopic (exact) mass is 1060 g/mol. The molecule has 8 N–H and O–H groups in total. The largest absolute Gasteiger partial charge is 0.479 e. The maximum atomic E-state index is 15.5. The average molecular weight is 1060 g/mol. The van der Waals surface area contributed by atoms with Crippen molar-refractivity contribution in [1.82, 2.24) is 20.2 Å². The van der Waals surface area contributed by atoms with Gasteiger partial charge < -0.3 is 69.7 Å². The van der Waals surface area contributed by atoms with Crippen molar-refractivity contribution in [2.24, 2.45) is 0 Å². The Balaban J connectivity index is 0.823. The third kappa shape index (κ3) is 8.76. The average Bonchev–Trinajstić information content (AvgIpc) is 4.21. The second-order valence-corrected chi connectivity index (χ2v) is 19.5. The van der Waals surface area contributed by atoms with E-state index in [2.05, 4.69) is 16.0 Å². The molecule has 21 nitrogen and oxygen atoms in total. The molecule has 0 saturated carbocycles. The van der Waals surface area contributed by atoms with Crippen LogP contribution in [0.4, 0.5) is 19.7 Å². The number of anilines is 1. The van der Waals surface area contributed by atoms with Crippen molar-refractivity contribution in [3.05, 3.63) is 145 Å². The number of halogens is 1. The van der Waals surface area contributed by atoms with Crippen molar-refractivity contribution in [3.63, 3.8) is 0 Å². The number of nitrogens with zero attached hydrogens (tertiary/aromatic N) is 2. The van der Waals surface area contributed by atoms with E-state index in [9.17, 15) is 54.3 Å². The molecule has 1 saturated heterocycles. The lowest BCUT2D eigenvalue weighted by Crippen LogP contribution is -2.61. The van der Waals surface area contributed by atoms with Crippen LogP contribution in [-0.2, 0) is 65.1 Å². The Labute approximate surface area is 436 Å². The molecule has 0 radical (unpaired) electrons. The summed E-state index contributed by atoms with van der Waals surface area (Å²) >= 11 is 0. The first-order valence-electron chi connectivity index (χ1n) is 24.8. The first-order valence-corrected chi connectivity index (χ1v) is 24.8. The quantitative estimate of drug-likeness (QED) is 0.0629. The summed E-state index contributed by atoms with van der Waals surface area (Å²) in [5, 5.41) is 61.1. The molecule has 398 valence electrons. The van der Waals surface area contributed by atoms with Crippen molar-refractivity contribution in [3.8, 4) is 28.3 Å². The molecule has 5 aliphatic rings. The minimum absolute atomic E-state index is 0.000203. The van der Waals surface area contributed by atoms with Crippen LogP contribution in [0.1, 0.15) is 81.8 Å². The van der Waals surface area contributed by atoms with E-state index in [-0.39, 0.29) is 72.2 Å². The molecule has 0 bridgehead atoms. The van der Waals surface area contributed by atoms with Crippen LogP contribution in [0.2, 0.25) is 0 Å². The zero-order valence-corrected chi connectivity index (χ0v) is 41.2. The molecule has 2 aliphatic carbocycles. The Morgan fingerprint density at radius 1 is 0.896 bits per heavy atom. The van der Waals surface area contributed by atoms with Crippen LogP contribution in [-0.4, -0.2) is 109 Å². The van der Waals surface area contributed by atoms with Gasteiger partial charge in [0.1, 0.15) is 56.2 Å². The summed E-state index contributed by atoms with van der Waals surface area (Å²) in [5.74, 6) is -4.33. The van der Waals surface area contributed by atoms with Crippen LogP contribution >= 0.6 is 0 Å². The molecule has 4 aromatic carbocycles. The maximum absolute atomic E-state index is 15.5. The summed E-state index contributed by atoms with van der Waals surface area (Å²) in [4.78, 5) is 84.0. The number of pyridine rings is 2. The maximum Gasteiger partial charge on any atom is 0.407 e. The van der Waals surface area contributed by atoms with Crippen molar-refractivity contribution < 1.29 is 77.6 Å². The molecule has 2 aromatic heterocycles. The number of cyclic esters (lactones) is 1. The molecular formula is C55H50FN5O16. The van der Waals surface area contributed by atoms with Gasteiger partial charge in [-0.15, -0.1) is 0 Å². The lowest BCUT2D eigenvalue weighted by molar-refractivity contribution is -0.271. The van der Waals surface area contributed by atoms with E-state index in [0.717, 1.165) is 22.3 Å². The van der Waals surface area contributed by atoms with Crippen LogP contribution in [0, 0.1) is 12.7 Å². The van der Waals surface area contributed by atoms with Gasteiger partial charge >= 0.3 is 24.1 Å². The minimum atomic E-state index is -2.09. The van der Waals surface area contributed by atoms with E-state index in [1.54, 1.807) is 19.9 Å². The lowest BCUT2D eigenvalue weighted by Gasteiger charge is -2.38. The highest BCUT2D eigenvalue weighted by Gasteiger charge is 2.49. The molecule has 11 rings (SSSR count). The highest BCUT2D eigenvalue weighted by atomic mass is 19.1. The van der Waals surface area contributed by atoms with E-state index in [1.807, 2.05) is 48.5 Å². The number of esters is 1. The molecule has 3 aliphatic heterocycles. The zero-order chi connectivity index (χ0) is 54.2. The predicted molar refractivity (Wildman–Crippen MR) is 267 cm³/mol. The van der Waals surface area contributed by atoms with Crippen LogP contribution in [0.3, 0.4) is 0 Å². The Hall–Kier alpha value is -8.28. The molecule has 7 atom stereocenters. The van der Waals surface area contributed by atoms with Crippen LogP contribution in [0.5, 0.6) is 5.75 Å². The standard InChI is InChI=1S/C55H50FN5O16/c1-3-55(72)34-17-39-44-31(20-61(39)49(66)33(34)23-73-52(55)69)43-36(14-13-26-24(2)35(56)18-38(59-44)42(26)43)60-54(71)74-21-25-12-15-40(76-51-47(65)45(63)46(64)48(77-51)50(67)68)37(16-25)58-41(62)19-57-53(70)75-22-32-29-10-6-4-8-27(29)28-9-5-7-11-30(28)32/h4-12,15-18,32,36,45-48,51,63-65,72H,3,13-14,19-23H2,1-2H3,(H,57,70)(H,58,62)(H,60,71)(H,67,68)/t36-,45-,46-,47+,48-,51+,55-/m0/s1. The van der Waals surface area contributed by atoms with Gasteiger partial charge in [0.15, 0.2) is 11.7 Å². The van der Waals surface area contributed by atoms with Gasteiger partial charge in [-0.25, -0.2) is 28.6 Å². The summed E-state index contributed by atoms with van der Waals surface area (Å²) in [5.41, 5.74) is 4.85. The zero-order valence-electron chi connectivity index (χ0n) is 41.2. The van der Waals surface area contributed by atoms with Gasteiger partial charge in [-0.05, 0) is 88.9 Å². The number of fused-ring (bicyclic) bond motifs is 8. The third-order valence-electron chi connectivity index (χ3n) is 15.2. The van der Waals surface area contributed by atoms with E-state index < -0.39 is 96.9 Å². The first-order chi connectivity index (χ1) is 36.9. The Kier molecular flexibility index (Phi) is 13.0. The fraction of sp³-hybridized carbons (Fsp3) is 0.327. The summed E-state index contributed by atoms with van der Waals surface area (Å²) in [7, 11) is 0. The van der Waals surface area contributed by atoms with Crippen molar-refractivity contribution in [2.45, 2.75) is 101 Å². The second-order valence-electron chi connectivity index (χ2n) is 19.5. The van der Waals surface area contributed by atoms with Gasteiger partial charge in [0, 0.05) is 28.5 Å². The van der Waals surface area contributed by atoms with Gasteiger partial charge in [-0.1, -0.05) is 61.5 Å². The van der Waals surface area contributed by atoms with E-state index in [1.165, 1.54) is 28.8 Å². The summed E-state index contributed by atoms with van der Waals surface area (Å²) in [6.45, 7) is 1.83. The normalized spacial score (nSPS) is 22.6. The molecule has 77 heavy (non-hydrogen) atoms. The highest BCUT2D eigenvalue weighted by Crippen LogP contribution is 2.47. The van der Waals surface area contributed by atoms with Gasteiger partial charge in [0.05, 0.1) is 40.7 Å². The number of carbonyl (C=O) groups excluding carboxylic acids is 4. The topological polar surface area (TPSA) is 304 Å². The number of aromatic nitrogens is 2. The molecule has 6 aromatic rings. The Morgan fingerprint density at radius 2 is 1.62 bits per heavy atom. The molecule has 22 heteroatoms.